The van der Waals surface area contributed by atoms with E-state index in [1.807, 2.05) is 6.92 Å². The average Bonchev–Trinajstić information content (AvgIpc) is 2.73. The van der Waals surface area contributed by atoms with Crippen molar-refractivity contribution in [3.63, 3.8) is 0 Å². The molecule has 5 unspecified atom stereocenters. The molecule has 0 saturated carbocycles. The zero-order valence-electron chi connectivity index (χ0n) is 18.9. The number of carboxylic acids is 2. The molecular formula is C20H37N5O7. The van der Waals surface area contributed by atoms with Crippen molar-refractivity contribution in [3.8, 4) is 0 Å². The number of carbonyl (C=O) groups is 5. The van der Waals surface area contributed by atoms with Crippen molar-refractivity contribution in [2.24, 2.45) is 17.4 Å². The number of unbranched alkanes of at least 4 members (excludes halogenated alkanes) is 1. The number of nitrogens with one attached hydrogen (secondary N) is 3. The van der Waals surface area contributed by atoms with E-state index >= 15 is 0 Å². The van der Waals surface area contributed by atoms with Crippen LogP contribution in [-0.2, 0) is 24.0 Å². The summed E-state index contributed by atoms with van der Waals surface area (Å²) in [7, 11) is 0. The number of hydrogen-bond acceptors (Lipinski definition) is 7. The number of aliphatic carboxylic acids is 2. The Bertz CT molecular complexity index is 658. The first-order chi connectivity index (χ1) is 14.9. The standard InChI is InChI=1S/C20H37N5O7/c1-4-11(2)16(25-17(28)13(22)8-9-15(26)27)19(30)24-14(7-5-6-10-21)18(29)23-12(3)20(31)32/h11-14,16H,4-10,21-22H2,1-3H3,(H,23,29)(H,24,30)(H,25,28)(H,26,27)(H,31,32). The smallest absolute Gasteiger partial charge is 0.325 e. The van der Waals surface area contributed by atoms with Crippen LogP contribution >= 0.6 is 0 Å². The van der Waals surface area contributed by atoms with E-state index < -0.39 is 53.8 Å². The van der Waals surface area contributed by atoms with Crippen molar-refractivity contribution >= 4 is 29.7 Å². The van der Waals surface area contributed by atoms with Crippen molar-refractivity contribution in [1.82, 2.24) is 16.0 Å². The summed E-state index contributed by atoms with van der Waals surface area (Å²) < 4.78 is 0. The number of nitrogens with two attached hydrogens (primary N) is 2. The van der Waals surface area contributed by atoms with Gasteiger partial charge in [-0.3, -0.25) is 24.0 Å². The largest absolute Gasteiger partial charge is 0.481 e. The van der Waals surface area contributed by atoms with Crippen LogP contribution in [0.5, 0.6) is 0 Å². The molecule has 12 nitrogen and oxygen atoms in total. The molecule has 0 aromatic rings. The monoisotopic (exact) mass is 459 g/mol. The molecule has 5 atom stereocenters. The van der Waals surface area contributed by atoms with Crippen LogP contribution in [-0.4, -0.2) is 70.6 Å². The molecule has 9 N–H and O–H groups in total. The van der Waals surface area contributed by atoms with Crippen LogP contribution in [0.15, 0.2) is 0 Å². The minimum Gasteiger partial charge on any atom is -0.481 e. The van der Waals surface area contributed by atoms with Gasteiger partial charge < -0.3 is 37.6 Å². The quantitative estimate of drug-likeness (QED) is 0.139. The highest BCUT2D eigenvalue weighted by Crippen LogP contribution is 2.11. The van der Waals surface area contributed by atoms with E-state index in [-0.39, 0.29) is 25.2 Å². The van der Waals surface area contributed by atoms with Gasteiger partial charge in [0, 0.05) is 6.42 Å². The average molecular weight is 460 g/mol. The van der Waals surface area contributed by atoms with Gasteiger partial charge in [-0.05, 0) is 45.1 Å². The summed E-state index contributed by atoms with van der Waals surface area (Å²) in [6.07, 6.45) is 1.52. The normalized spacial score (nSPS) is 15.5. The van der Waals surface area contributed by atoms with Gasteiger partial charge in [0.2, 0.25) is 17.7 Å². The fraction of sp³-hybridized carbons (Fsp3) is 0.750. The number of amides is 3. The third-order valence-electron chi connectivity index (χ3n) is 5.11. The van der Waals surface area contributed by atoms with Crippen LogP contribution in [0.25, 0.3) is 0 Å². The van der Waals surface area contributed by atoms with Gasteiger partial charge in [0.1, 0.15) is 18.1 Å². The second-order valence-electron chi connectivity index (χ2n) is 7.82. The first-order valence-electron chi connectivity index (χ1n) is 10.8. The maximum atomic E-state index is 13.0. The Labute approximate surface area is 187 Å². The predicted octanol–water partition coefficient (Wildman–Crippen LogP) is -1.09. The SMILES string of the molecule is CCC(C)C(NC(=O)C(N)CCC(=O)O)C(=O)NC(CCCCN)C(=O)NC(C)C(=O)O. The fourth-order valence-electron chi connectivity index (χ4n) is 2.77. The summed E-state index contributed by atoms with van der Waals surface area (Å²) in [5.74, 6) is -4.56. The topological polar surface area (TPSA) is 214 Å². The van der Waals surface area contributed by atoms with Gasteiger partial charge in [-0.25, -0.2) is 0 Å². The Kier molecular flexibility index (Phi) is 13.8. The van der Waals surface area contributed by atoms with Crippen molar-refractivity contribution in [2.75, 3.05) is 6.54 Å². The predicted molar refractivity (Wildman–Crippen MR) is 116 cm³/mol. The van der Waals surface area contributed by atoms with Gasteiger partial charge in [-0.15, -0.1) is 0 Å². The lowest BCUT2D eigenvalue weighted by atomic mass is 9.96. The summed E-state index contributed by atoms with van der Waals surface area (Å²) in [6, 6.07) is -4.27. The Morgan fingerprint density at radius 2 is 1.50 bits per heavy atom. The molecule has 0 saturated heterocycles. The Morgan fingerprint density at radius 1 is 0.875 bits per heavy atom. The highest BCUT2D eigenvalue weighted by Gasteiger charge is 2.31. The lowest BCUT2D eigenvalue weighted by Crippen LogP contribution is -2.58. The van der Waals surface area contributed by atoms with E-state index in [0.29, 0.717) is 25.8 Å². The summed E-state index contributed by atoms with van der Waals surface area (Å²) in [5.41, 5.74) is 11.2. The molecule has 12 heteroatoms. The lowest BCUT2D eigenvalue weighted by Gasteiger charge is -2.27. The van der Waals surface area contributed by atoms with E-state index in [2.05, 4.69) is 16.0 Å². The van der Waals surface area contributed by atoms with Crippen LogP contribution in [0.3, 0.4) is 0 Å². The summed E-state index contributed by atoms with van der Waals surface area (Å²) in [6.45, 7) is 5.26. The van der Waals surface area contributed by atoms with Crippen molar-refractivity contribution in [3.05, 3.63) is 0 Å². The van der Waals surface area contributed by atoms with Gasteiger partial charge in [0.25, 0.3) is 0 Å². The fourth-order valence-corrected chi connectivity index (χ4v) is 2.77. The third kappa shape index (κ3) is 11.0. The molecule has 0 rings (SSSR count). The van der Waals surface area contributed by atoms with Crippen LogP contribution in [0.2, 0.25) is 0 Å². The highest BCUT2D eigenvalue weighted by atomic mass is 16.4. The third-order valence-corrected chi connectivity index (χ3v) is 5.11. The zero-order valence-corrected chi connectivity index (χ0v) is 18.9. The first-order valence-corrected chi connectivity index (χ1v) is 10.8. The van der Waals surface area contributed by atoms with E-state index in [1.54, 1.807) is 6.92 Å². The maximum Gasteiger partial charge on any atom is 0.325 e. The van der Waals surface area contributed by atoms with Crippen molar-refractivity contribution < 1.29 is 34.2 Å². The van der Waals surface area contributed by atoms with Crippen LogP contribution in [0, 0.1) is 5.92 Å². The second kappa shape index (κ2) is 15.1. The van der Waals surface area contributed by atoms with Crippen LogP contribution in [0.4, 0.5) is 0 Å². The van der Waals surface area contributed by atoms with Gasteiger partial charge in [-0.2, -0.15) is 0 Å². The number of hydrogen-bond donors (Lipinski definition) is 7. The molecule has 0 heterocycles. The van der Waals surface area contributed by atoms with E-state index in [4.69, 9.17) is 21.7 Å². The Hall–Kier alpha value is -2.73. The molecule has 184 valence electrons. The lowest BCUT2D eigenvalue weighted by molar-refractivity contribution is -0.142. The summed E-state index contributed by atoms with van der Waals surface area (Å²) in [5, 5.41) is 25.2. The van der Waals surface area contributed by atoms with E-state index in [0.717, 1.165) is 0 Å². The number of carboxylic acid groups (broad SMARTS) is 2. The van der Waals surface area contributed by atoms with Gasteiger partial charge in [-0.1, -0.05) is 20.3 Å². The molecule has 0 aromatic carbocycles. The minimum atomic E-state index is -1.22. The second-order valence-corrected chi connectivity index (χ2v) is 7.82. The molecule has 0 spiro atoms. The van der Waals surface area contributed by atoms with Gasteiger partial charge >= 0.3 is 11.9 Å². The van der Waals surface area contributed by atoms with E-state index in [1.165, 1.54) is 6.92 Å². The van der Waals surface area contributed by atoms with Crippen molar-refractivity contribution in [2.45, 2.75) is 83.5 Å². The Balaban J connectivity index is 5.36. The van der Waals surface area contributed by atoms with Crippen molar-refractivity contribution in [1.29, 1.82) is 0 Å². The van der Waals surface area contributed by atoms with Crippen LogP contribution < -0.4 is 27.4 Å². The molecule has 3 amide bonds. The van der Waals surface area contributed by atoms with Gasteiger partial charge in [0.05, 0.1) is 6.04 Å². The molecule has 0 radical (unpaired) electrons. The highest BCUT2D eigenvalue weighted by molar-refractivity contribution is 5.94. The molecule has 0 fully saturated rings. The molecule has 0 bridgehead atoms. The van der Waals surface area contributed by atoms with Gasteiger partial charge in [0.15, 0.2) is 0 Å². The number of rotatable bonds is 16. The van der Waals surface area contributed by atoms with Crippen LogP contribution in [0.1, 0.15) is 59.3 Å². The molecule has 0 aliphatic carbocycles. The molecule has 0 aliphatic heterocycles. The summed E-state index contributed by atoms with van der Waals surface area (Å²) in [4.78, 5) is 59.6. The maximum absolute atomic E-state index is 13.0. The number of carbonyl (C=O) groups excluding carboxylic acids is 3. The molecule has 32 heavy (non-hydrogen) atoms. The van der Waals surface area contributed by atoms with E-state index in [9.17, 15) is 24.0 Å². The Morgan fingerprint density at radius 3 is 2.00 bits per heavy atom. The molecule has 0 aromatic heterocycles. The molecular weight excluding hydrogens is 422 g/mol. The first kappa shape index (κ1) is 29.3. The molecule has 0 aliphatic rings. The summed E-state index contributed by atoms with van der Waals surface area (Å²) >= 11 is 0. The zero-order chi connectivity index (χ0) is 24.8. The minimum absolute atomic E-state index is 0.0901.